The van der Waals surface area contributed by atoms with E-state index in [1.807, 2.05) is 6.20 Å². The second-order valence-corrected chi connectivity index (χ2v) is 4.17. The van der Waals surface area contributed by atoms with Crippen LogP contribution in [0.25, 0.3) is 0 Å². The molecule has 2 heterocycles. The minimum absolute atomic E-state index is 0.103. The molecule has 4 nitrogen and oxygen atoms in total. The molecular formula is C9H14N2O2S. The van der Waals surface area contributed by atoms with Gasteiger partial charge in [-0.2, -0.15) is 0 Å². The van der Waals surface area contributed by atoms with E-state index in [1.54, 1.807) is 16.8 Å². The van der Waals surface area contributed by atoms with E-state index in [2.05, 4.69) is 9.88 Å². The van der Waals surface area contributed by atoms with Crippen molar-refractivity contribution in [2.24, 2.45) is 0 Å². The highest BCUT2D eigenvalue weighted by Gasteiger charge is 2.22. The molecule has 1 aliphatic heterocycles. The van der Waals surface area contributed by atoms with E-state index in [9.17, 15) is 5.11 Å². The van der Waals surface area contributed by atoms with Gasteiger partial charge < -0.3 is 9.84 Å². The number of morpholine rings is 1. The van der Waals surface area contributed by atoms with Gasteiger partial charge in [-0.05, 0) is 0 Å². The zero-order chi connectivity index (χ0) is 9.80. The van der Waals surface area contributed by atoms with Gasteiger partial charge in [-0.3, -0.25) is 9.88 Å². The number of thiazole rings is 1. The molecule has 0 amide bonds. The summed E-state index contributed by atoms with van der Waals surface area (Å²) in [4.78, 5) is 7.42. The van der Waals surface area contributed by atoms with Crippen LogP contribution in [0.15, 0.2) is 11.7 Å². The van der Waals surface area contributed by atoms with Crippen molar-refractivity contribution >= 4 is 11.3 Å². The molecule has 2 rings (SSSR count). The largest absolute Gasteiger partial charge is 0.394 e. The van der Waals surface area contributed by atoms with Crippen LogP contribution in [0.4, 0.5) is 0 Å². The molecule has 0 aromatic carbocycles. The van der Waals surface area contributed by atoms with Gasteiger partial charge in [0.25, 0.3) is 0 Å². The molecule has 1 aromatic rings. The average Bonchev–Trinajstić information content (AvgIpc) is 2.74. The topological polar surface area (TPSA) is 45.6 Å². The smallest absolute Gasteiger partial charge is 0.0794 e. The molecule has 0 aliphatic carbocycles. The molecule has 0 saturated carbocycles. The van der Waals surface area contributed by atoms with Gasteiger partial charge in [0.2, 0.25) is 0 Å². The van der Waals surface area contributed by atoms with Crippen molar-refractivity contribution in [3.63, 3.8) is 0 Å². The third-order valence-corrected chi connectivity index (χ3v) is 3.32. The molecule has 1 unspecified atom stereocenters. The fraction of sp³-hybridized carbons (Fsp3) is 0.667. The van der Waals surface area contributed by atoms with E-state index in [0.717, 1.165) is 31.2 Å². The highest BCUT2D eigenvalue weighted by molar-refractivity contribution is 7.09. The minimum atomic E-state index is 0.103. The van der Waals surface area contributed by atoms with Crippen LogP contribution < -0.4 is 0 Å². The first kappa shape index (κ1) is 10.0. The van der Waals surface area contributed by atoms with Crippen LogP contribution in [0.1, 0.15) is 10.9 Å². The maximum Gasteiger partial charge on any atom is 0.0794 e. The number of aliphatic hydroxyl groups excluding tert-OH is 1. The Labute approximate surface area is 87.1 Å². The molecule has 1 atom stereocenters. The predicted octanol–water partition coefficient (Wildman–Crippen LogP) is 0.509. The molecule has 1 aromatic heterocycles. The molecule has 1 saturated heterocycles. The first-order chi connectivity index (χ1) is 6.92. The van der Waals surface area contributed by atoms with Crippen LogP contribution in [0.2, 0.25) is 0 Å². The zero-order valence-electron chi connectivity index (χ0n) is 7.93. The number of hydrogen-bond acceptors (Lipinski definition) is 5. The molecule has 5 heteroatoms. The van der Waals surface area contributed by atoms with Crippen molar-refractivity contribution in [3.8, 4) is 0 Å². The summed E-state index contributed by atoms with van der Waals surface area (Å²) in [5, 5.41) is 9.35. The van der Waals surface area contributed by atoms with Gasteiger partial charge >= 0.3 is 0 Å². The standard InChI is InChI=1S/C9H14N2O2S/c12-6-8(9-5-10-7-14-9)11-1-3-13-4-2-11/h5,7-8,12H,1-4,6H2. The van der Waals surface area contributed by atoms with Gasteiger partial charge in [-0.15, -0.1) is 11.3 Å². The monoisotopic (exact) mass is 214 g/mol. The highest BCUT2D eigenvalue weighted by Crippen LogP contribution is 2.23. The Bertz CT molecular complexity index is 260. The van der Waals surface area contributed by atoms with E-state index in [-0.39, 0.29) is 12.6 Å². The molecule has 1 N–H and O–H groups in total. The van der Waals surface area contributed by atoms with Gasteiger partial charge in [-0.25, -0.2) is 0 Å². The summed E-state index contributed by atoms with van der Waals surface area (Å²) in [6.45, 7) is 3.46. The van der Waals surface area contributed by atoms with Gasteiger partial charge in [0.1, 0.15) is 0 Å². The normalized spacial score (nSPS) is 20.9. The quantitative estimate of drug-likeness (QED) is 0.796. The van der Waals surface area contributed by atoms with Crippen molar-refractivity contribution in [2.45, 2.75) is 6.04 Å². The third kappa shape index (κ3) is 2.12. The molecular weight excluding hydrogens is 200 g/mol. The number of aliphatic hydroxyl groups is 1. The van der Waals surface area contributed by atoms with E-state index >= 15 is 0 Å². The van der Waals surface area contributed by atoms with Gasteiger partial charge in [-0.1, -0.05) is 0 Å². The molecule has 0 bridgehead atoms. The van der Waals surface area contributed by atoms with Gasteiger partial charge in [0, 0.05) is 24.2 Å². The predicted molar refractivity (Wildman–Crippen MR) is 54.3 cm³/mol. The molecule has 1 aliphatic rings. The first-order valence-electron chi connectivity index (χ1n) is 4.73. The molecule has 0 radical (unpaired) electrons. The average molecular weight is 214 g/mol. The summed E-state index contributed by atoms with van der Waals surface area (Å²) in [6.07, 6.45) is 1.83. The fourth-order valence-corrected chi connectivity index (χ4v) is 2.41. The van der Waals surface area contributed by atoms with E-state index < -0.39 is 0 Å². The number of nitrogens with zero attached hydrogens (tertiary/aromatic N) is 2. The van der Waals surface area contributed by atoms with Crippen molar-refractivity contribution in [1.82, 2.24) is 9.88 Å². The van der Waals surface area contributed by atoms with Crippen molar-refractivity contribution in [1.29, 1.82) is 0 Å². The molecule has 14 heavy (non-hydrogen) atoms. The first-order valence-corrected chi connectivity index (χ1v) is 5.61. The Morgan fingerprint density at radius 2 is 2.36 bits per heavy atom. The number of rotatable bonds is 3. The SMILES string of the molecule is OCC(c1cncs1)N1CCOCC1. The Morgan fingerprint density at radius 1 is 1.57 bits per heavy atom. The lowest BCUT2D eigenvalue weighted by atomic mass is 10.2. The van der Waals surface area contributed by atoms with E-state index in [1.165, 1.54) is 0 Å². The summed E-state index contributed by atoms with van der Waals surface area (Å²) in [7, 11) is 0. The second kappa shape index (κ2) is 4.84. The van der Waals surface area contributed by atoms with Crippen LogP contribution in [0.3, 0.4) is 0 Å². The lowest BCUT2D eigenvalue weighted by molar-refractivity contribution is 0.00343. The van der Waals surface area contributed by atoms with Crippen molar-refractivity contribution < 1.29 is 9.84 Å². The Balaban J connectivity index is 2.04. The molecule has 0 spiro atoms. The Kier molecular flexibility index (Phi) is 3.47. The highest BCUT2D eigenvalue weighted by atomic mass is 32.1. The molecule has 1 fully saturated rings. The number of ether oxygens (including phenoxy) is 1. The van der Waals surface area contributed by atoms with Crippen molar-refractivity contribution in [3.05, 3.63) is 16.6 Å². The van der Waals surface area contributed by atoms with Crippen LogP contribution in [0, 0.1) is 0 Å². The van der Waals surface area contributed by atoms with E-state index in [4.69, 9.17) is 4.74 Å². The lowest BCUT2D eigenvalue weighted by Gasteiger charge is -2.32. The number of hydrogen-bond donors (Lipinski definition) is 1. The lowest BCUT2D eigenvalue weighted by Crippen LogP contribution is -2.40. The third-order valence-electron chi connectivity index (χ3n) is 2.44. The summed E-state index contributed by atoms with van der Waals surface area (Å²) < 4.78 is 5.28. The van der Waals surface area contributed by atoms with Crippen LogP contribution in [0.5, 0.6) is 0 Å². The summed E-state index contributed by atoms with van der Waals surface area (Å²) in [5.41, 5.74) is 1.80. The van der Waals surface area contributed by atoms with Crippen LogP contribution >= 0.6 is 11.3 Å². The van der Waals surface area contributed by atoms with Crippen LogP contribution in [-0.4, -0.2) is 47.9 Å². The second-order valence-electron chi connectivity index (χ2n) is 3.25. The van der Waals surface area contributed by atoms with Crippen LogP contribution in [-0.2, 0) is 4.74 Å². The van der Waals surface area contributed by atoms with Gasteiger partial charge in [0.15, 0.2) is 0 Å². The Hall–Kier alpha value is -0.490. The summed E-state index contributed by atoms with van der Waals surface area (Å²) >= 11 is 1.60. The molecule has 78 valence electrons. The summed E-state index contributed by atoms with van der Waals surface area (Å²) in [5.74, 6) is 0. The number of aromatic nitrogens is 1. The fourth-order valence-electron chi connectivity index (χ4n) is 1.66. The minimum Gasteiger partial charge on any atom is -0.394 e. The van der Waals surface area contributed by atoms with Crippen molar-refractivity contribution in [2.75, 3.05) is 32.9 Å². The zero-order valence-corrected chi connectivity index (χ0v) is 8.74. The Morgan fingerprint density at radius 3 is 2.93 bits per heavy atom. The maximum absolute atomic E-state index is 9.35. The summed E-state index contributed by atoms with van der Waals surface area (Å²) in [6, 6.07) is 0.103. The van der Waals surface area contributed by atoms with Gasteiger partial charge in [0.05, 0.1) is 31.4 Å². The maximum atomic E-state index is 9.35. The van der Waals surface area contributed by atoms with E-state index in [0.29, 0.717) is 0 Å².